The van der Waals surface area contributed by atoms with Crippen molar-refractivity contribution in [3.63, 3.8) is 0 Å². The Morgan fingerprint density at radius 3 is 2.96 bits per heavy atom. The Hall–Kier alpha value is -2.16. The number of aromatic nitrogens is 1. The molecule has 2 atom stereocenters. The average Bonchev–Trinajstić information content (AvgIpc) is 3.10. The summed E-state index contributed by atoms with van der Waals surface area (Å²) in [4.78, 5) is 16.9. The van der Waals surface area contributed by atoms with Crippen molar-refractivity contribution in [3.8, 4) is 22.8 Å². The summed E-state index contributed by atoms with van der Waals surface area (Å²) in [5.41, 5.74) is 1.71. The highest BCUT2D eigenvalue weighted by molar-refractivity contribution is 7.14. The monoisotopic (exact) mass is 361 g/mol. The molecule has 1 aromatic heterocycles. The summed E-state index contributed by atoms with van der Waals surface area (Å²) in [6, 6.07) is 5.36. The third kappa shape index (κ3) is 3.46. The highest BCUT2D eigenvalue weighted by Gasteiger charge is 2.28. The standard InChI is InChI=1S/C17H19N3O4S/c1-10-15(18-4-5-22-10)16(21)20-17-19-12(9-25-17)11-2-3-13-14(8-11)24-7-6-23-13/h2-3,8-10,15,18H,4-7H2,1H3,(H,19,20,21)/t10-,15+/m1/s1. The second-order valence-electron chi connectivity index (χ2n) is 5.89. The number of fused-ring (bicyclic) bond motifs is 1. The van der Waals surface area contributed by atoms with Crippen LogP contribution in [0.5, 0.6) is 11.5 Å². The van der Waals surface area contributed by atoms with Crippen LogP contribution in [0.15, 0.2) is 23.6 Å². The Morgan fingerprint density at radius 1 is 1.28 bits per heavy atom. The Morgan fingerprint density at radius 2 is 2.12 bits per heavy atom. The van der Waals surface area contributed by atoms with Gasteiger partial charge in [-0.1, -0.05) is 0 Å². The van der Waals surface area contributed by atoms with Gasteiger partial charge in [0.1, 0.15) is 19.3 Å². The van der Waals surface area contributed by atoms with E-state index in [-0.39, 0.29) is 18.1 Å². The summed E-state index contributed by atoms with van der Waals surface area (Å²) < 4.78 is 16.6. The lowest BCUT2D eigenvalue weighted by atomic mass is 10.1. The maximum absolute atomic E-state index is 12.4. The molecule has 0 aliphatic carbocycles. The van der Waals surface area contributed by atoms with Gasteiger partial charge in [0.05, 0.1) is 18.4 Å². The van der Waals surface area contributed by atoms with Gasteiger partial charge >= 0.3 is 0 Å². The minimum atomic E-state index is -0.365. The number of hydrogen-bond acceptors (Lipinski definition) is 7. The third-order valence-electron chi connectivity index (χ3n) is 4.17. The first-order valence-electron chi connectivity index (χ1n) is 8.22. The van der Waals surface area contributed by atoms with E-state index in [0.717, 1.165) is 22.8 Å². The van der Waals surface area contributed by atoms with E-state index < -0.39 is 0 Å². The van der Waals surface area contributed by atoms with Crippen LogP contribution in [0.1, 0.15) is 6.92 Å². The molecule has 2 aliphatic heterocycles. The number of morpholine rings is 1. The first-order valence-corrected chi connectivity index (χ1v) is 9.10. The van der Waals surface area contributed by atoms with E-state index in [1.165, 1.54) is 11.3 Å². The lowest BCUT2D eigenvalue weighted by Crippen LogP contribution is -2.53. The number of amides is 1. The normalized spacial score (nSPS) is 22.4. The van der Waals surface area contributed by atoms with E-state index in [0.29, 0.717) is 31.5 Å². The van der Waals surface area contributed by atoms with E-state index in [2.05, 4.69) is 15.6 Å². The van der Waals surface area contributed by atoms with E-state index >= 15 is 0 Å². The SMILES string of the molecule is C[C@H]1OCCN[C@@H]1C(=O)Nc1nc(-c2ccc3c(c2)OCCO3)cs1. The molecule has 132 valence electrons. The van der Waals surface area contributed by atoms with Crippen LogP contribution in [-0.4, -0.2) is 49.4 Å². The molecule has 1 amide bonds. The molecule has 1 aromatic carbocycles. The molecule has 1 fully saturated rings. The molecule has 0 spiro atoms. The quantitative estimate of drug-likeness (QED) is 0.869. The Labute approximate surface area is 149 Å². The zero-order valence-electron chi connectivity index (χ0n) is 13.8. The summed E-state index contributed by atoms with van der Waals surface area (Å²) >= 11 is 1.39. The minimum absolute atomic E-state index is 0.129. The predicted octanol–water partition coefficient (Wildman–Crippen LogP) is 1.90. The summed E-state index contributed by atoms with van der Waals surface area (Å²) in [6.45, 7) is 4.29. The molecule has 2 aliphatic rings. The highest BCUT2D eigenvalue weighted by Crippen LogP contribution is 2.35. The fourth-order valence-electron chi connectivity index (χ4n) is 2.88. The number of anilines is 1. The Kier molecular flexibility index (Phi) is 4.56. The van der Waals surface area contributed by atoms with E-state index in [9.17, 15) is 4.79 Å². The van der Waals surface area contributed by atoms with Crippen molar-refractivity contribution < 1.29 is 19.0 Å². The number of ether oxygens (including phenoxy) is 3. The Balaban J connectivity index is 1.47. The lowest BCUT2D eigenvalue weighted by molar-refractivity contribution is -0.123. The van der Waals surface area contributed by atoms with Crippen LogP contribution in [0.25, 0.3) is 11.3 Å². The molecular formula is C17H19N3O4S. The van der Waals surface area contributed by atoms with Crippen LogP contribution in [0.2, 0.25) is 0 Å². The van der Waals surface area contributed by atoms with Gasteiger partial charge in [0, 0.05) is 17.5 Å². The predicted molar refractivity (Wildman–Crippen MR) is 94.4 cm³/mol. The summed E-state index contributed by atoms with van der Waals surface area (Å²) in [6.07, 6.45) is -0.161. The van der Waals surface area contributed by atoms with Crippen LogP contribution in [-0.2, 0) is 9.53 Å². The second kappa shape index (κ2) is 6.99. The van der Waals surface area contributed by atoms with Crippen LogP contribution < -0.4 is 20.1 Å². The number of benzene rings is 1. The zero-order valence-corrected chi connectivity index (χ0v) is 14.6. The first-order chi connectivity index (χ1) is 12.2. The molecule has 0 radical (unpaired) electrons. The van der Waals surface area contributed by atoms with Gasteiger partial charge in [0.2, 0.25) is 5.91 Å². The number of nitrogens with zero attached hydrogens (tertiary/aromatic N) is 1. The first kappa shape index (κ1) is 16.3. The van der Waals surface area contributed by atoms with Crippen molar-refractivity contribution >= 4 is 22.4 Å². The van der Waals surface area contributed by atoms with Crippen LogP contribution in [0.3, 0.4) is 0 Å². The highest BCUT2D eigenvalue weighted by atomic mass is 32.1. The molecule has 1 saturated heterocycles. The fourth-order valence-corrected chi connectivity index (χ4v) is 3.60. The third-order valence-corrected chi connectivity index (χ3v) is 4.93. The van der Waals surface area contributed by atoms with E-state index in [1.54, 1.807) is 0 Å². The zero-order chi connectivity index (χ0) is 17.2. The van der Waals surface area contributed by atoms with Crippen LogP contribution >= 0.6 is 11.3 Å². The van der Waals surface area contributed by atoms with Gasteiger partial charge in [-0.25, -0.2) is 4.98 Å². The van der Waals surface area contributed by atoms with Gasteiger partial charge in [-0.2, -0.15) is 0 Å². The molecule has 7 nitrogen and oxygen atoms in total. The van der Waals surface area contributed by atoms with Gasteiger partial charge in [-0.3, -0.25) is 4.79 Å². The molecule has 2 aromatic rings. The topological polar surface area (TPSA) is 81.7 Å². The van der Waals surface area contributed by atoms with E-state index in [1.807, 2.05) is 30.5 Å². The van der Waals surface area contributed by atoms with Gasteiger partial charge < -0.3 is 24.8 Å². The maximum atomic E-state index is 12.4. The molecule has 25 heavy (non-hydrogen) atoms. The summed E-state index contributed by atoms with van der Waals surface area (Å²) in [5, 5.41) is 8.51. The van der Waals surface area contributed by atoms with Crippen molar-refractivity contribution in [2.75, 3.05) is 31.7 Å². The van der Waals surface area contributed by atoms with Crippen molar-refractivity contribution in [2.45, 2.75) is 19.1 Å². The molecule has 2 N–H and O–H groups in total. The number of hydrogen-bond donors (Lipinski definition) is 2. The number of rotatable bonds is 3. The fraction of sp³-hybridized carbons (Fsp3) is 0.412. The molecule has 8 heteroatoms. The van der Waals surface area contributed by atoms with Gasteiger partial charge in [0.25, 0.3) is 0 Å². The summed E-state index contributed by atoms with van der Waals surface area (Å²) in [7, 11) is 0. The molecular weight excluding hydrogens is 342 g/mol. The maximum Gasteiger partial charge on any atom is 0.245 e. The lowest BCUT2D eigenvalue weighted by Gasteiger charge is -2.28. The second-order valence-corrected chi connectivity index (χ2v) is 6.75. The number of thiazole rings is 1. The van der Waals surface area contributed by atoms with Crippen molar-refractivity contribution in [1.29, 1.82) is 0 Å². The molecule has 3 heterocycles. The Bertz CT molecular complexity index is 779. The van der Waals surface area contributed by atoms with Crippen molar-refractivity contribution in [1.82, 2.24) is 10.3 Å². The smallest absolute Gasteiger partial charge is 0.245 e. The molecule has 0 bridgehead atoms. The molecule has 0 unspecified atom stereocenters. The molecule has 0 saturated carbocycles. The number of nitrogens with one attached hydrogen (secondary N) is 2. The number of carbonyl (C=O) groups excluding carboxylic acids is 1. The van der Waals surface area contributed by atoms with Gasteiger partial charge in [-0.05, 0) is 25.1 Å². The van der Waals surface area contributed by atoms with E-state index in [4.69, 9.17) is 14.2 Å². The van der Waals surface area contributed by atoms with Gasteiger partial charge in [0.15, 0.2) is 16.6 Å². The van der Waals surface area contributed by atoms with Crippen LogP contribution in [0, 0.1) is 0 Å². The van der Waals surface area contributed by atoms with Crippen molar-refractivity contribution in [3.05, 3.63) is 23.6 Å². The van der Waals surface area contributed by atoms with Crippen molar-refractivity contribution in [2.24, 2.45) is 0 Å². The average molecular weight is 361 g/mol. The van der Waals surface area contributed by atoms with Gasteiger partial charge in [-0.15, -0.1) is 11.3 Å². The number of carbonyl (C=O) groups is 1. The largest absolute Gasteiger partial charge is 0.486 e. The van der Waals surface area contributed by atoms with Crippen LogP contribution in [0.4, 0.5) is 5.13 Å². The molecule has 4 rings (SSSR count). The minimum Gasteiger partial charge on any atom is -0.486 e. The summed E-state index contributed by atoms with van der Waals surface area (Å²) in [5.74, 6) is 1.34.